The van der Waals surface area contributed by atoms with Gasteiger partial charge >= 0.3 is 5.97 Å². The van der Waals surface area contributed by atoms with Crippen LogP contribution >= 0.6 is 11.8 Å². The SMILES string of the molecule is COc1ccc(N2CC=C[C@]34S[C@]5(C)C=CCOC(=O)[C@@H]5[C@H]3C(=O)N([C@@H](CO)C(C)C)C4C2=O)cc1. The zero-order valence-electron chi connectivity index (χ0n) is 20.9. The van der Waals surface area contributed by atoms with Crippen molar-refractivity contribution in [1.82, 2.24) is 4.90 Å². The molecule has 0 aliphatic carbocycles. The maximum atomic E-state index is 14.4. The second-order valence-electron chi connectivity index (χ2n) is 10.3. The van der Waals surface area contributed by atoms with E-state index in [0.717, 1.165) is 0 Å². The van der Waals surface area contributed by atoms with E-state index in [1.54, 1.807) is 29.0 Å². The molecule has 9 heteroatoms. The molecule has 0 aromatic heterocycles. The number of aliphatic hydroxyl groups excluding tert-OH is 1. The molecule has 36 heavy (non-hydrogen) atoms. The highest BCUT2D eigenvalue weighted by Gasteiger charge is 2.74. The predicted octanol–water partition coefficient (Wildman–Crippen LogP) is 2.42. The van der Waals surface area contributed by atoms with Crippen LogP contribution in [0.4, 0.5) is 5.69 Å². The van der Waals surface area contributed by atoms with Crippen LogP contribution in [-0.4, -0.2) is 76.2 Å². The molecule has 0 saturated carbocycles. The summed E-state index contributed by atoms with van der Waals surface area (Å²) in [6.07, 6.45) is 7.65. The van der Waals surface area contributed by atoms with Gasteiger partial charge in [0.1, 0.15) is 18.4 Å². The zero-order chi connectivity index (χ0) is 25.8. The van der Waals surface area contributed by atoms with Crippen molar-refractivity contribution in [3.8, 4) is 5.75 Å². The lowest BCUT2D eigenvalue weighted by molar-refractivity contribution is -0.153. The van der Waals surface area contributed by atoms with Crippen LogP contribution in [0, 0.1) is 17.8 Å². The van der Waals surface area contributed by atoms with Crippen LogP contribution in [0.3, 0.4) is 0 Å². The van der Waals surface area contributed by atoms with Gasteiger partial charge in [0.15, 0.2) is 0 Å². The Morgan fingerprint density at radius 1 is 1.11 bits per heavy atom. The smallest absolute Gasteiger partial charge is 0.311 e. The number of cyclic esters (lactones) is 1. The number of ether oxygens (including phenoxy) is 2. The normalized spacial score (nSPS) is 34.2. The van der Waals surface area contributed by atoms with Gasteiger partial charge in [0, 0.05) is 17.0 Å². The number of amides is 2. The fourth-order valence-corrected chi connectivity index (χ4v) is 8.41. The second kappa shape index (κ2) is 8.95. The van der Waals surface area contributed by atoms with Gasteiger partial charge in [-0.05, 0) is 43.2 Å². The Morgan fingerprint density at radius 3 is 2.47 bits per heavy atom. The maximum absolute atomic E-state index is 14.4. The van der Waals surface area contributed by atoms with Crippen LogP contribution in [0.2, 0.25) is 0 Å². The maximum Gasteiger partial charge on any atom is 0.311 e. The zero-order valence-corrected chi connectivity index (χ0v) is 21.7. The van der Waals surface area contributed by atoms with Gasteiger partial charge in [0.25, 0.3) is 5.91 Å². The van der Waals surface area contributed by atoms with Crippen LogP contribution < -0.4 is 9.64 Å². The number of thioether (sulfide) groups is 1. The monoisotopic (exact) mass is 512 g/mol. The van der Waals surface area contributed by atoms with Crippen molar-refractivity contribution >= 4 is 35.2 Å². The highest BCUT2D eigenvalue weighted by Crippen LogP contribution is 2.65. The van der Waals surface area contributed by atoms with Crippen LogP contribution in [0.25, 0.3) is 0 Å². The van der Waals surface area contributed by atoms with Crippen molar-refractivity contribution in [3.05, 3.63) is 48.6 Å². The molecule has 8 nitrogen and oxygen atoms in total. The van der Waals surface area contributed by atoms with E-state index < -0.39 is 39.4 Å². The Kier molecular flexibility index (Phi) is 6.19. The van der Waals surface area contributed by atoms with Gasteiger partial charge in [-0.25, -0.2) is 0 Å². The topological polar surface area (TPSA) is 96.4 Å². The average Bonchev–Trinajstić information content (AvgIpc) is 3.10. The van der Waals surface area contributed by atoms with Crippen molar-refractivity contribution in [3.63, 3.8) is 0 Å². The largest absolute Gasteiger partial charge is 0.497 e. The van der Waals surface area contributed by atoms with Gasteiger partial charge in [-0.1, -0.05) is 32.1 Å². The molecule has 1 spiro atoms. The number of aliphatic hydroxyl groups is 1. The Morgan fingerprint density at radius 2 is 1.83 bits per heavy atom. The fourth-order valence-electron chi connectivity index (χ4n) is 6.27. The molecule has 1 aromatic carbocycles. The third-order valence-corrected chi connectivity index (χ3v) is 9.75. The van der Waals surface area contributed by atoms with E-state index in [2.05, 4.69) is 0 Å². The number of benzene rings is 1. The first-order chi connectivity index (χ1) is 17.2. The quantitative estimate of drug-likeness (QED) is 0.478. The number of methoxy groups -OCH3 is 1. The minimum absolute atomic E-state index is 0.0957. The van der Waals surface area contributed by atoms with E-state index in [1.807, 2.05) is 57.2 Å². The summed E-state index contributed by atoms with van der Waals surface area (Å²) in [5, 5.41) is 10.3. The number of anilines is 1. The van der Waals surface area contributed by atoms with Crippen molar-refractivity contribution < 1.29 is 29.0 Å². The van der Waals surface area contributed by atoms with Crippen LogP contribution in [0.1, 0.15) is 20.8 Å². The van der Waals surface area contributed by atoms with E-state index in [9.17, 15) is 19.5 Å². The molecule has 1 N–H and O–H groups in total. The van der Waals surface area contributed by atoms with Gasteiger partial charge < -0.3 is 24.4 Å². The molecular weight excluding hydrogens is 480 g/mol. The lowest BCUT2D eigenvalue weighted by Crippen LogP contribution is -2.58. The number of esters is 1. The number of fused-ring (bicyclic) bond motifs is 2. The minimum atomic E-state index is -0.974. The van der Waals surface area contributed by atoms with E-state index in [0.29, 0.717) is 18.0 Å². The van der Waals surface area contributed by atoms with Crippen molar-refractivity contribution in [2.45, 2.75) is 42.3 Å². The summed E-state index contributed by atoms with van der Waals surface area (Å²) in [4.78, 5) is 45.1. The summed E-state index contributed by atoms with van der Waals surface area (Å²) < 4.78 is 9.06. The number of carbonyl (C=O) groups is 3. The van der Waals surface area contributed by atoms with Crippen LogP contribution in [0.5, 0.6) is 5.75 Å². The lowest BCUT2D eigenvalue weighted by Gasteiger charge is -2.40. The van der Waals surface area contributed by atoms with E-state index >= 15 is 0 Å². The number of rotatable bonds is 5. The van der Waals surface area contributed by atoms with E-state index in [1.165, 1.54) is 11.8 Å². The molecule has 2 saturated heterocycles. The average molecular weight is 513 g/mol. The number of nitrogens with zero attached hydrogens (tertiary/aromatic N) is 2. The standard InChI is InChI=1S/C27H32N2O6S/c1-16(2)19(15-30)29-22-24(32)28(17-7-9-18(34-4)10-8-17)13-5-12-27(22)20(23(29)31)21-25(33)35-14-6-11-26(21,3)36-27/h5-12,16,19-22,30H,13-15H2,1-4H3/t19-,20-,21-,22?,26+,27-/m0/s1. The van der Waals surface area contributed by atoms with Gasteiger partial charge in [0.05, 0.1) is 36.3 Å². The van der Waals surface area contributed by atoms with Gasteiger partial charge in [-0.3, -0.25) is 14.4 Å². The van der Waals surface area contributed by atoms with Crippen molar-refractivity contribution in [2.75, 3.05) is 31.8 Å². The number of carbonyl (C=O) groups excluding carboxylic acids is 3. The third kappa shape index (κ3) is 3.50. The molecule has 2 fully saturated rings. The molecule has 2 amide bonds. The Balaban J connectivity index is 1.67. The first-order valence-electron chi connectivity index (χ1n) is 12.3. The Bertz CT molecular complexity index is 1130. The molecular formula is C27H32N2O6S. The molecule has 5 rings (SSSR count). The highest BCUT2D eigenvalue weighted by molar-refractivity contribution is 8.02. The Hall–Kier alpha value is -2.78. The molecule has 4 aliphatic rings. The number of likely N-dealkylation sites (tertiary alicyclic amines) is 1. The van der Waals surface area contributed by atoms with Crippen LogP contribution in [-0.2, 0) is 19.1 Å². The summed E-state index contributed by atoms with van der Waals surface area (Å²) in [6.45, 7) is 6.01. The molecule has 1 aromatic rings. The van der Waals surface area contributed by atoms with Gasteiger partial charge in [0.2, 0.25) is 5.91 Å². The summed E-state index contributed by atoms with van der Waals surface area (Å²) in [5.74, 6) is -1.87. The summed E-state index contributed by atoms with van der Waals surface area (Å²) in [7, 11) is 1.58. The van der Waals surface area contributed by atoms with E-state index in [-0.39, 0.29) is 30.9 Å². The number of hydrogen-bond acceptors (Lipinski definition) is 7. The lowest BCUT2D eigenvalue weighted by atomic mass is 9.75. The van der Waals surface area contributed by atoms with Crippen LogP contribution in [0.15, 0.2) is 48.6 Å². The molecule has 0 radical (unpaired) electrons. The Labute approximate surface area is 215 Å². The predicted molar refractivity (Wildman–Crippen MR) is 137 cm³/mol. The third-order valence-electron chi connectivity index (χ3n) is 7.95. The second-order valence-corrected chi connectivity index (χ2v) is 12.1. The minimum Gasteiger partial charge on any atom is -0.497 e. The van der Waals surface area contributed by atoms with Gasteiger partial charge in [-0.15, -0.1) is 11.8 Å². The molecule has 4 aliphatic heterocycles. The first kappa shape index (κ1) is 24.9. The molecule has 192 valence electrons. The molecule has 1 unspecified atom stereocenters. The molecule has 4 heterocycles. The number of hydrogen-bond donors (Lipinski definition) is 1. The summed E-state index contributed by atoms with van der Waals surface area (Å²) in [5.41, 5.74) is 0.686. The molecule has 0 bridgehead atoms. The van der Waals surface area contributed by atoms with Gasteiger partial charge in [-0.2, -0.15) is 0 Å². The van der Waals surface area contributed by atoms with E-state index in [4.69, 9.17) is 9.47 Å². The van der Waals surface area contributed by atoms with Crippen molar-refractivity contribution in [2.24, 2.45) is 17.8 Å². The fraction of sp³-hybridized carbons (Fsp3) is 0.519. The first-order valence-corrected chi connectivity index (χ1v) is 13.1. The summed E-state index contributed by atoms with van der Waals surface area (Å²) in [6, 6.07) is 5.78. The summed E-state index contributed by atoms with van der Waals surface area (Å²) >= 11 is 1.50. The molecule has 6 atom stereocenters. The van der Waals surface area contributed by atoms with Crippen molar-refractivity contribution in [1.29, 1.82) is 0 Å². The highest BCUT2D eigenvalue weighted by atomic mass is 32.2.